The lowest BCUT2D eigenvalue weighted by Gasteiger charge is -2.19. The Hall–Kier alpha value is -3.61. The lowest BCUT2D eigenvalue weighted by molar-refractivity contribution is 0.224. The van der Waals surface area contributed by atoms with E-state index in [9.17, 15) is 0 Å². The van der Waals surface area contributed by atoms with Gasteiger partial charge < -0.3 is 19.9 Å². The first-order chi connectivity index (χ1) is 14.3. The monoisotopic (exact) mass is 406 g/mol. The molecule has 2 aromatic carbocycles. The molecule has 3 rings (SSSR count). The number of aromatic nitrogens is 2. The molecule has 0 fully saturated rings. The van der Waals surface area contributed by atoms with Crippen molar-refractivity contribution in [1.29, 1.82) is 5.41 Å². The number of benzene rings is 2. The van der Waals surface area contributed by atoms with Crippen molar-refractivity contribution in [2.24, 2.45) is 0 Å². The molecule has 1 heterocycles. The maximum absolute atomic E-state index is 8.70. The molecule has 0 bridgehead atoms. The van der Waals surface area contributed by atoms with Crippen molar-refractivity contribution in [2.45, 2.75) is 26.9 Å². The van der Waals surface area contributed by atoms with Crippen LogP contribution in [0, 0.1) is 19.3 Å². The van der Waals surface area contributed by atoms with Gasteiger partial charge in [0.2, 0.25) is 0 Å². The van der Waals surface area contributed by atoms with E-state index in [0.29, 0.717) is 34.1 Å². The summed E-state index contributed by atoms with van der Waals surface area (Å²) in [5, 5.41) is 16.8. The van der Waals surface area contributed by atoms with Crippen molar-refractivity contribution in [1.82, 2.24) is 10.2 Å². The average Bonchev–Trinajstić information content (AvgIpc) is 2.74. The van der Waals surface area contributed by atoms with Gasteiger partial charge in [0.05, 0.1) is 31.8 Å². The van der Waals surface area contributed by atoms with E-state index >= 15 is 0 Å². The molecule has 1 aromatic heterocycles. The van der Waals surface area contributed by atoms with Crippen molar-refractivity contribution >= 4 is 11.4 Å². The van der Waals surface area contributed by atoms with Crippen LogP contribution in [-0.4, -0.2) is 30.1 Å². The maximum Gasteiger partial charge on any atom is 0.123 e. The van der Waals surface area contributed by atoms with Crippen molar-refractivity contribution in [3.8, 4) is 17.2 Å². The second-order valence-electron chi connectivity index (χ2n) is 7.01. The van der Waals surface area contributed by atoms with E-state index < -0.39 is 0 Å². The van der Waals surface area contributed by atoms with Gasteiger partial charge in [0.15, 0.2) is 0 Å². The van der Waals surface area contributed by atoms with Gasteiger partial charge in [0.25, 0.3) is 0 Å². The van der Waals surface area contributed by atoms with Crippen molar-refractivity contribution in [3.63, 3.8) is 0 Å². The maximum atomic E-state index is 8.70. The highest BCUT2D eigenvalue weighted by molar-refractivity contribution is 6.14. The van der Waals surface area contributed by atoms with E-state index in [1.165, 1.54) is 0 Å². The largest absolute Gasteiger partial charge is 0.497 e. The fraction of sp³-hybridized carbons (Fsp3) is 0.261. The van der Waals surface area contributed by atoms with Crippen molar-refractivity contribution in [3.05, 3.63) is 70.5 Å². The van der Waals surface area contributed by atoms with Crippen LogP contribution in [0.4, 0.5) is 5.69 Å². The average molecular weight is 406 g/mol. The zero-order valence-corrected chi connectivity index (χ0v) is 17.8. The number of nitrogens with zero attached hydrogens (tertiary/aromatic N) is 2. The van der Waals surface area contributed by atoms with Crippen LogP contribution in [0.1, 0.15) is 41.0 Å². The van der Waals surface area contributed by atoms with Crippen LogP contribution in [0.5, 0.6) is 17.2 Å². The Balaban J connectivity index is 1.93. The van der Waals surface area contributed by atoms with Gasteiger partial charge in [-0.05, 0) is 56.7 Å². The SMILES string of the molecule is COc1cc(OC)cc(C(=N)c2cc(OC(C)c3c(C)cnnc3C)ccc2N)c1. The number of methoxy groups -OCH3 is 2. The minimum atomic E-state index is -0.233. The minimum absolute atomic E-state index is 0.233. The van der Waals surface area contributed by atoms with Crippen LogP contribution in [0.15, 0.2) is 42.6 Å². The van der Waals surface area contributed by atoms with Crippen LogP contribution in [0.3, 0.4) is 0 Å². The Labute approximate surface area is 176 Å². The van der Waals surface area contributed by atoms with Crippen molar-refractivity contribution < 1.29 is 14.2 Å². The summed E-state index contributed by atoms with van der Waals surface area (Å²) in [5.41, 5.74) is 11.0. The lowest BCUT2D eigenvalue weighted by atomic mass is 10.00. The highest BCUT2D eigenvalue weighted by Crippen LogP contribution is 2.30. The van der Waals surface area contributed by atoms with Crippen LogP contribution in [-0.2, 0) is 0 Å². The second-order valence-corrected chi connectivity index (χ2v) is 7.01. The Morgan fingerprint density at radius 1 is 1.00 bits per heavy atom. The third-order valence-electron chi connectivity index (χ3n) is 4.93. The highest BCUT2D eigenvalue weighted by Gasteiger charge is 2.17. The number of rotatable bonds is 7. The molecule has 0 saturated carbocycles. The molecule has 3 aromatic rings. The van der Waals surface area contributed by atoms with E-state index in [1.807, 2.05) is 20.8 Å². The van der Waals surface area contributed by atoms with Crippen LogP contribution < -0.4 is 19.9 Å². The highest BCUT2D eigenvalue weighted by atomic mass is 16.5. The summed E-state index contributed by atoms with van der Waals surface area (Å²) >= 11 is 0. The molecule has 0 spiro atoms. The number of aryl methyl sites for hydroxylation is 2. The molecular weight excluding hydrogens is 380 g/mol. The number of hydrogen-bond donors (Lipinski definition) is 2. The zero-order chi connectivity index (χ0) is 21.8. The van der Waals surface area contributed by atoms with Gasteiger partial charge in [-0.15, -0.1) is 0 Å². The van der Waals surface area contributed by atoms with Gasteiger partial charge in [-0.3, -0.25) is 5.41 Å². The predicted octanol–water partition coefficient (Wildman–Crippen LogP) is 4.25. The number of ether oxygens (including phenoxy) is 3. The number of nitrogens with two attached hydrogens (primary N) is 1. The van der Waals surface area contributed by atoms with Crippen LogP contribution in [0.25, 0.3) is 0 Å². The molecule has 3 N–H and O–H groups in total. The van der Waals surface area contributed by atoms with E-state index in [2.05, 4.69) is 10.2 Å². The second kappa shape index (κ2) is 8.82. The Bertz CT molecular complexity index is 1040. The summed E-state index contributed by atoms with van der Waals surface area (Å²) in [5.74, 6) is 1.82. The minimum Gasteiger partial charge on any atom is -0.497 e. The van der Waals surface area contributed by atoms with Gasteiger partial charge in [-0.1, -0.05) is 0 Å². The molecule has 0 radical (unpaired) electrons. The topological polar surface area (TPSA) is 103 Å². The smallest absolute Gasteiger partial charge is 0.123 e. The molecule has 7 heteroatoms. The van der Waals surface area contributed by atoms with E-state index in [1.54, 1.807) is 56.8 Å². The Morgan fingerprint density at radius 3 is 2.27 bits per heavy atom. The molecule has 1 unspecified atom stereocenters. The standard InChI is InChI=1S/C23H26N4O3/c1-13-12-26-27-14(2)22(13)15(3)30-17-6-7-21(24)20(11-17)23(25)16-8-18(28-4)10-19(9-16)29-5/h6-12,15,25H,24H2,1-5H3. The molecule has 1 atom stereocenters. The zero-order valence-electron chi connectivity index (χ0n) is 17.8. The fourth-order valence-corrected chi connectivity index (χ4v) is 3.42. The summed E-state index contributed by atoms with van der Waals surface area (Å²) in [7, 11) is 3.15. The number of nitrogen functional groups attached to an aromatic ring is 1. The van der Waals surface area contributed by atoms with Gasteiger partial charge in [0, 0.05) is 28.4 Å². The summed E-state index contributed by atoms with van der Waals surface area (Å²) in [6.45, 7) is 5.86. The lowest BCUT2D eigenvalue weighted by Crippen LogP contribution is -2.11. The summed E-state index contributed by atoms with van der Waals surface area (Å²) in [4.78, 5) is 0. The van der Waals surface area contributed by atoms with Gasteiger partial charge in [0.1, 0.15) is 23.4 Å². The number of hydrogen-bond acceptors (Lipinski definition) is 7. The van der Waals surface area contributed by atoms with Gasteiger partial charge >= 0.3 is 0 Å². The Kier molecular flexibility index (Phi) is 6.20. The number of nitrogens with one attached hydrogen (secondary N) is 1. The van der Waals surface area contributed by atoms with Crippen LogP contribution in [0.2, 0.25) is 0 Å². The molecular formula is C23H26N4O3. The summed E-state index contributed by atoms with van der Waals surface area (Å²) < 4.78 is 16.8. The van der Waals surface area contributed by atoms with Crippen LogP contribution >= 0.6 is 0 Å². The first-order valence-corrected chi connectivity index (χ1v) is 9.51. The third-order valence-corrected chi connectivity index (χ3v) is 4.93. The molecule has 0 aliphatic heterocycles. The molecule has 0 aliphatic carbocycles. The quantitative estimate of drug-likeness (QED) is 0.449. The van der Waals surface area contributed by atoms with E-state index in [-0.39, 0.29) is 11.8 Å². The third kappa shape index (κ3) is 4.35. The van der Waals surface area contributed by atoms with Crippen molar-refractivity contribution in [2.75, 3.05) is 20.0 Å². The molecule has 156 valence electrons. The molecule has 0 saturated heterocycles. The fourth-order valence-electron chi connectivity index (χ4n) is 3.42. The first-order valence-electron chi connectivity index (χ1n) is 9.51. The Morgan fingerprint density at radius 2 is 1.67 bits per heavy atom. The molecule has 7 nitrogen and oxygen atoms in total. The summed E-state index contributed by atoms with van der Waals surface area (Å²) in [6, 6.07) is 10.6. The van der Waals surface area contributed by atoms with E-state index in [4.69, 9.17) is 25.4 Å². The molecule has 30 heavy (non-hydrogen) atoms. The first kappa shape index (κ1) is 21.1. The molecule has 0 aliphatic rings. The summed E-state index contributed by atoms with van der Waals surface area (Å²) in [6.07, 6.45) is 1.49. The molecule has 0 amide bonds. The number of anilines is 1. The van der Waals surface area contributed by atoms with Gasteiger partial charge in [-0.25, -0.2) is 0 Å². The normalized spacial score (nSPS) is 11.6. The van der Waals surface area contributed by atoms with Gasteiger partial charge in [-0.2, -0.15) is 10.2 Å². The predicted molar refractivity (Wildman–Crippen MR) is 117 cm³/mol. The van der Waals surface area contributed by atoms with E-state index in [0.717, 1.165) is 16.8 Å².